The number of nitriles is 1. The molecule has 0 aliphatic carbocycles. The molecule has 6 nitrogen and oxygen atoms in total. The lowest BCUT2D eigenvalue weighted by atomic mass is 9.84. The lowest BCUT2D eigenvalue weighted by Gasteiger charge is -2.45. The molecule has 3 saturated heterocycles. The van der Waals surface area contributed by atoms with Gasteiger partial charge in [-0.3, -0.25) is 14.3 Å². The molecular formula is C12H14N4O2. The summed E-state index contributed by atoms with van der Waals surface area (Å²) in [6.45, 7) is 3.01. The summed E-state index contributed by atoms with van der Waals surface area (Å²) in [5.74, 6) is 0.477. The summed E-state index contributed by atoms with van der Waals surface area (Å²) in [5, 5.41) is 8.87. The molecular weight excluding hydrogens is 232 g/mol. The van der Waals surface area contributed by atoms with Gasteiger partial charge in [0.15, 0.2) is 0 Å². The molecule has 4 rings (SSSR count). The zero-order valence-corrected chi connectivity index (χ0v) is 9.93. The van der Waals surface area contributed by atoms with Crippen molar-refractivity contribution in [2.24, 2.45) is 5.92 Å². The standard InChI is InChI=1S/C12H14N4O2/c13-5-9-6-16(12(18)14-11(9)17)10-7-15-3-1-8(10)2-4-15/h6,8,10H,1-4,7H2,(H,14,17,18)/t10-/m0/s1. The van der Waals surface area contributed by atoms with Crippen molar-refractivity contribution in [3.8, 4) is 6.07 Å². The van der Waals surface area contributed by atoms with Gasteiger partial charge in [0.1, 0.15) is 11.6 Å². The highest BCUT2D eigenvalue weighted by Crippen LogP contribution is 2.34. The second kappa shape index (κ2) is 4.10. The topological polar surface area (TPSA) is 81.9 Å². The molecule has 1 aromatic rings. The van der Waals surface area contributed by atoms with Gasteiger partial charge < -0.3 is 4.90 Å². The van der Waals surface area contributed by atoms with Crippen LogP contribution in [-0.2, 0) is 0 Å². The van der Waals surface area contributed by atoms with E-state index >= 15 is 0 Å². The van der Waals surface area contributed by atoms with E-state index in [2.05, 4.69) is 9.88 Å². The number of nitrogens with zero attached hydrogens (tertiary/aromatic N) is 3. The number of aromatic nitrogens is 2. The summed E-state index contributed by atoms with van der Waals surface area (Å²) < 4.78 is 1.54. The number of fused-ring (bicyclic) bond motifs is 3. The van der Waals surface area contributed by atoms with Crippen LogP contribution in [0.2, 0.25) is 0 Å². The highest BCUT2D eigenvalue weighted by Gasteiger charge is 2.35. The van der Waals surface area contributed by atoms with Gasteiger partial charge in [0.2, 0.25) is 0 Å². The molecule has 1 N–H and O–H groups in total. The first-order chi connectivity index (χ1) is 8.69. The Balaban J connectivity index is 2.05. The number of piperidine rings is 3. The van der Waals surface area contributed by atoms with Crippen molar-refractivity contribution in [1.82, 2.24) is 14.5 Å². The van der Waals surface area contributed by atoms with Crippen molar-refractivity contribution in [2.75, 3.05) is 19.6 Å². The van der Waals surface area contributed by atoms with Gasteiger partial charge in [0.05, 0.1) is 6.04 Å². The van der Waals surface area contributed by atoms with Gasteiger partial charge in [-0.1, -0.05) is 0 Å². The third kappa shape index (κ3) is 1.68. The summed E-state index contributed by atoms with van der Waals surface area (Å²) in [5.41, 5.74) is -0.996. The fourth-order valence-corrected chi connectivity index (χ4v) is 3.06. The first kappa shape index (κ1) is 11.2. The molecule has 94 valence electrons. The van der Waals surface area contributed by atoms with E-state index in [-0.39, 0.29) is 11.6 Å². The van der Waals surface area contributed by atoms with Crippen molar-refractivity contribution < 1.29 is 0 Å². The Morgan fingerprint density at radius 3 is 2.61 bits per heavy atom. The second-order valence-corrected chi connectivity index (χ2v) is 5.03. The molecule has 0 radical (unpaired) electrons. The molecule has 3 aliphatic rings. The van der Waals surface area contributed by atoms with Crippen LogP contribution < -0.4 is 11.2 Å². The minimum absolute atomic E-state index is 0.00560. The van der Waals surface area contributed by atoms with E-state index in [0.717, 1.165) is 32.5 Å². The molecule has 1 atom stereocenters. The molecule has 0 spiro atoms. The number of nitrogens with one attached hydrogen (secondary N) is 1. The Labute approximate surface area is 103 Å². The number of hydrogen-bond donors (Lipinski definition) is 1. The smallest absolute Gasteiger partial charge is 0.301 e. The highest BCUT2D eigenvalue weighted by molar-refractivity contribution is 5.22. The van der Waals surface area contributed by atoms with Crippen LogP contribution in [0.3, 0.4) is 0 Å². The summed E-state index contributed by atoms with van der Waals surface area (Å²) in [4.78, 5) is 27.8. The third-order valence-electron chi connectivity index (χ3n) is 4.07. The normalized spacial score (nSPS) is 30.1. The van der Waals surface area contributed by atoms with Crippen molar-refractivity contribution in [3.05, 3.63) is 32.6 Å². The lowest BCUT2D eigenvalue weighted by molar-refractivity contribution is 0.0546. The summed E-state index contributed by atoms with van der Waals surface area (Å²) in [7, 11) is 0. The second-order valence-electron chi connectivity index (χ2n) is 5.03. The first-order valence-electron chi connectivity index (χ1n) is 6.17. The maximum atomic E-state index is 11.9. The largest absolute Gasteiger partial charge is 0.328 e. The molecule has 3 fully saturated rings. The van der Waals surface area contributed by atoms with Crippen molar-refractivity contribution >= 4 is 0 Å². The van der Waals surface area contributed by atoms with Crippen LogP contribution in [0.5, 0.6) is 0 Å². The average molecular weight is 246 g/mol. The third-order valence-corrected chi connectivity index (χ3v) is 4.07. The molecule has 0 saturated carbocycles. The minimum atomic E-state index is -0.597. The van der Waals surface area contributed by atoms with Gasteiger partial charge in [-0.2, -0.15) is 5.26 Å². The molecule has 1 aromatic heterocycles. The molecule has 2 bridgehead atoms. The van der Waals surface area contributed by atoms with Crippen LogP contribution in [0.4, 0.5) is 0 Å². The Morgan fingerprint density at radius 1 is 1.33 bits per heavy atom. The zero-order valence-electron chi connectivity index (χ0n) is 9.93. The van der Waals surface area contributed by atoms with E-state index in [1.165, 1.54) is 10.8 Å². The summed E-state index contributed by atoms with van der Waals surface area (Å²) >= 11 is 0. The zero-order chi connectivity index (χ0) is 12.7. The van der Waals surface area contributed by atoms with E-state index in [1.54, 1.807) is 0 Å². The number of hydrogen-bond acceptors (Lipinski definition) is 4. The summed E-state index contributed by atoms with van der Waals surface area (Å²) in [6, 6.07) is 1.92. The fourth-order valence-electron chi connectivity index (χ4n) is 3.06. The SMILES string of the molecule is N#Cc1cn([C@H]2CN3CCC2CC3)c(=O)[nH]c1=O. The van der Waals surface area contributed by atoms with E-state index in [1.807, 2.05) is 6.07 Å². The van der Waals surface area contributed by atoms with Gasteiger partial charge in [-0.15, -0.1) is 0 Å². The van der Waals surface area contributed by atoms with Crippen LogP contribution in [0.1, 0.15) is 24.4 Å². The van der Waals surface area contributed by atoms with Crippen LogP contribution in [0, 0.1) is 17.2 Å². The maximum absolute atomic E-state index is 11.9. The molecule has 0 aromatic carbocycles. The number of aromatic amines is 1. The van der Waals surface area contributed by atoms with Crippen LogP contribution in [0.15, 0.2) is 15.8 Å². The van der Waals surface area contributed by atoms with Crippen LogP contribution in [0.25, 0.3) is 0 Å². The molecule has 0 amide bonds. The molecule has 3 aliphatic heterocycles. The molecule has 6 heteroatoms. The quantitative estimate of drug-likeness (QED) is 0.736. The number of rotatable bonds is 1. The Morgan fingerprint density at radius 2 is 2.06 bits per heavy atom. The minimum Gasteiger partial charge on any atom is -0.301 e. The van der Waals surface area contributed by atoms with Gasteiger partial charge in [-0.05, 0) is 31.8 Å². The van der Waals surface area contributed by atoms with E-state index in [9.17, 15) is 9.59 Å². The van der Waals surface area contributed by atoms with Gasteiger partial charge in [0, 0.05) is 12.7 Å². The van der Waals surface area contributed by atoms with Gasteiger partial charge in [-0.25, -0.2) is 4.79 Å². The van der Waals surface area contributed by atoms with Gasteiger partial charge in [0.25, 0.3) is 5.56 Å². The van der Waals surface area contributed by atoms with E-state index in [0.29, 0.717) is 5.92 Å². The maximum Gasteiger partial charge on any atom is 0.328 e. The lowest BCUT2D eigenvalue weighted by Crippen LogP contribution is -2.50. The van der Waals surface area contributed by atoms with Crippen LogP contribution in [-0.4, -0.2) is 34.1 Å². The highest BCUT2D eigenvalue weighted by atomic mass is 16.2. The number of H-pyrrole nitrogens is 1. The molecule has 0 unspecified atom stereocenters. The van der Waals surface area contributed by atoms with Crippen molar-refractivity contribution in [1.29, 1.82) is 5.26 Å². The Kier molecular flexibility index (Phi) is 2.56. The monoisotopic (exact) mass is 246 g/mol. The van der Waals surface area contributed by atoms with E-state index < -0.39 is 11.2 Å². The Hall–Kier alpha value is -1.87. The van der Waals surface area contributed by atoms with Crippen molar-refractivity contribution in [3.63, 3.8) is 0 Å². The Bertz CT molecular complexity index is 616. The fraction of sp³-hybridized carbons (Fsp3) is 0.583. The van der Waals surface area contributed by atoms with Gasteiger partial charge >= 0.3 is 5.69 Å². The average Bonchev–Trinajstić information content (AvgIpc) is 2.40. The predicted molar refractivity (Wildman–Crippen MR) is 64.2 cm³/mol. The van der Waals surface area contributed by atoms with Crippen molar-refractivity contribution in [2.45, 2.75) is 18.9 Å². The molecule has 18 heavy (non-hydrogen) atoms. The first-order valence-corrected chi connectivity index (χ1v) is 6.17. The molecule has 4 heterocycles. The summed E-state index contributed by atoms with van der Waals surface area (Å²) in [6.07, 6.45) is 3.57. The van der Waals surface area contributed by atoms with Crippen LogP contribution >= 0.6 is 0 Å². The predicted octanol–water partition coefficient (Wildman–Crippen LogP) is -0.325. The van der Waals surface area contributed by atoms with E-state index in [4.69, 9.17) is 5.26 Å².